The molecule has 0 spiro atoms. The van der Waals surface area contributed by atoms with E-state index in [0.717, 1.165) is 5.69 Å². The average Bonchev–Trinajstić information content (AvgIpc) is 2.61. The summed E-state index contributed by atoms with van der Waals surface area (Å²) in [5, 5.41) is 0. The fourth-order valence-electron chi connectivity index (χ4n) is 4.15. The molecule has 0 radical (unpaired) electrons. The third-order valence-electron chi connectivity index (χ3n) is 5.38. The second-order valence-electron chi connectivity index (χ2n) is 7.59. The van der Waals surface area contributed by atoms with Gasteiger partial charge in [-0.1, -0.05) is 58.0 Å². The van der Waals surface area contributed by atoms with Crippen molar-refractivity contribution in [1.82, 2.24) is 9.97 Å². The fourth-order valence-corrected chi connectivity index (χ4v) is 4.15. The smallest absolute Gasteiger partial charge is 0.0705 e. The first-order chi connectivity index (χ1) is 11.4. The van der Waals surface area contributed by atoms with Crippen LogP contribution in [0.4, 0.5) is 0 Å². The number of hydrogen-bond acceptors (Lipinski definition) is 2. The van der Waals surface area contributed by atoms with Gasteiger partial charge in [-0.3, -0.25) is 9.97 Å². The van der Waals surface area contributed by atoms with Crippen LogP contribution in [0.2, 0.25) is 0 Å². The number of pyridine rings is 2. The van der Waals surface area contributed by atoms with E-state index in [2.05, 4.69) is 69.1 Å². The van der Waals surface area contributed by atoms with Crippen LogP contribution < -0.4 is 0 Å². The van der Waals surface area contributed by atoms with Crippen LogP contribution in [0.5, 0.6) is 0 Å². The monoisotopic (exact) mass is 314 g/mol. The SMILES string of the molecule is CC1(C)c2cccc(-c3ccccn3)c2C(C)(C)c2cccnc21. The summed E-state index contributed by atoms with van der Waals surface area (Å²) >= 11 is 0. The highest BCUT2D eigenvalue weighted by Gasteiger charge is 2.43. The molecule has 1 aliphatic carbocycles. The molecule has 0 N–H and O–H groups in total. The quantitative estimate of drug-likeness (QED) is 0.624. The Morgan fingerprint density at radius 3 is 2.17 bits per heavy atom. The molecule has 1 aromatic carbocycles. The molecule has 2 heteroatoms. The first-order valence-corrected chi connectivity index (χ1v) is 8.45. The summed E-state index contributed by atoms with van der Waals surface area (Å²) in [6.45, 7) is 9.15. The normalized spacial score (nSPS) is 17.0. The van der Waals surface area contributed by atoms with E-state index >= 15 is 0 Å². The highest BCUT2D eigenvalue weighted by Crippen LogP contribution is 2.51. The molecular formula is C22H22N2. The predicted molar refractivity (Wildman–Crippen MR) is 98.2 cm³/mol. The van der Waals surface area contributed by atoms with Crippen molar-refractivity contribution in [3.63, 3.8) is 0 Å². The maximum absolute atomic E-state index is 4.75. The maximum atomic E-state index is 4.75. The van der Waals surface area contributed by atoms with Gasteiger partial charge in [-0.2, -0.15) is 0 Å². The summed E-state index contributed by atoms with van der Waals surface area (Å²) in [5.74, 6) is 0. The molecule has 0 bridgehead atoms. The van der Waals surface area contributed by atoms with Crippen molar-refractivity contribution in [1.29, 1.82) is 0 Å². The zero-order chi connectivity index (χ0) is 16.9. The van der Waals surface area contributed by atoms with Gasteiger partial charge in [0, 0.05) is 28.8 Å². The van der Waals surface area contributed by atoms with E-state index in [1.807, 2.05) is 24.5 Å². The summed E-state index contributed by atoms with van der Waals surface area (Å²) in [6.07, 6.45) is 3.77. The van der Waals surface area contributed by atoms with Crippen LogP contribution in [-0.4, -0.2) is 9.97 Å². The number of hydrogen-bond donors (Lipinski definition) is 0. The minimum absolute atomic E-state index is 0.109. The van der Waals surface area contributed by atoms with Crippen LogP contribution in [-0.2, 0) is 10.8 Å². The number of aromatic nitrogens is 2. The zero-order valence-corrected chi connectivity index (χ0v) is 14.7. The molecule has 4 rings (SSSR count). The van der Waals surface area contributed by atoms with Gasteiger partial charge in [0.15, 0.2) is 0 Å². The van der Waals surface area contributed by atoms with E-state index in [9.17, 15) is 0 Å². The summed E-state index contributed by atoms with van der Waals surface area (Å²) in [6, 6.07) is 17.0. The van der Waals surface area contributed by atoms with Gasteiger partial charge in [0.25, 0.3) is 0 Å². The van der Waals surface area contributed by atoms with Gasteiger partial charge in [-0.15, -0.1) is 0 Å². The predicted octanol–water partition coefficient (Wildman–Crippen LogP) is 5.11. The molecule has 0 amide bonds. The highest BCUT2D eigenvalue weighted by atomic mass is 14.7. The molecule has 3 aromatic rings. The molecule has 1 aliphatic rings. The van der Waals surface area contributed by atoms with E-state index in [1.165, 1.54) is 27.9 Å². The lowest BCUT2D eigenvalue weighted by Crippen LogP contribution is -2.38. The van der Waals surface area contributed by atoms with Crippen molar-refractivity contribution in [3.8, 4) is 11.3 Å². The minimum Gasteiger partial charge on any atom is -0.260 e. The van der Waals surface area contributed by atoms with Gasteiger partial charge in [0.1, 0.15) is 0 Å². The van der Waals surface area contributed by atoms with E-state index in [1.54, 1.807) is 0 Å². The number of nitrogens with zero attached hydrogens (tertiary/aromatic N) is 2. The van der Waals surface area contributed by atoms with Crippen LogP contribution >= 0.6 is 0 Å². The van der Waals surface area contributed by atoms with Gasteiger partial charge < -0.3 is 0 Å². The lowest BCUT2D eigenvalue weighted by atomic mass is 9.60. The summed E-state index contributed by atoms with van der Waals surface area (Å²) < 4.78 is 0. The van der Waals surface area contributed by atoms with Gasteiger partial charge in [-0.05, 0) is 34.9 Å². The van der Waals surface area contributed by atoms with Crippen molar-refractivity contribution in [2.75, 3.05) is 0 Å². The number of rotatable bonds is 1. The fraction of sp³-hybridized carbons (Fsp3) is 0.273. The van der Waals surface area contributed by atoms with Gasteiger partial charge in [0.2, 0.25) is 0 Å². The highest BCUT2D eigenvalue weighted by molar-refractivity contribution is 5.72. The van der Waals surface area contributed by atoms with Gasteiger partial charge >= 0.3 is 0 Å². The summed E-state index contributed by atoms with van der Waals surface area (Å²) in [5.41, 5.74) is 7.24. The molecule has 2 nitrogen and oxygen atoms in total. The third kappa shape index (κ3) is 1.96. The molecule has 0 unspecified atom stereocenters. The van der Waals surface area contributed by atoms with Crippen molar-refractivity contribution in [2.24, 2.45) is 0 Å². The van der Waals surface area contributed by atoms with Crippen LogP contribution in [0.15, 0.2) is 60.9 Å². The molecule has 0 aliphatic heterocycles. The minimum atomic E-state index is -0.119. The Morgan fingerprint density at radius 2 is 1.42 bits per heavy atom. The Labute approximate surface area is 143 Å². The molecule has 2 heterocycles. The Bertz CT molecular complexity index is 908. The largest absolute Gasteiger partial charge is 0.260 e. The second kappa shape index (κ2) is 5.01. The lowest BCUT2D eigenvalue weighted by Gasteiger charge is -2.43. The maximum Gasteiger partial charge on any atom is 0.0705 e. The van der Waals surface area contributed by atoms with Crippen LogP contribution in [0.3, 0.4) is 0 Å². The van der Waals surface area contributed by atoms with Gasteiger partial charge in [-0.25, -0.2) is 0 Å². The third-order valence-corrected chi connectivity index (χ3v) is 5.38. The molecule has 0 saturated heterocycles. The van der Waals surface area contributed by atoms with Crippen molar-refractivity contribution in [3.05, 3.63) is 83.3 Å². The van der Waals surface area contributed by atoms with Crippen molar-refractivity contribution in [2.45, 2.75) is 38.5 Å². The van der Waals surface area contributed by atoms with E-state index in [4.69, 9.17) is 4.98 Å². The molecular weight excluding hydrogens is 292 g/mol. The topological polar surface area (TPSA) is 25.8 Å². The van der Waals surface area contributed by atoms with Crippen molar-refractivity contribution < 1.29 is 0 Å². The number of fused-ring (bicyclic) bond motifs is 2. The molecule has 2 aromatic heterocycles. The van der Waals surface area contributed by atoms with Crippen LogP contribution in [0.25, 0.3) is 11.3 Å². The van der Waals surface area contributed by atoms with Crippen LogP contribution in [0.1, 0.15) is 50.1 Å². The first kappa shape index (κ1) is 15.1. The summed E-state index contributed by atoms with van der Waals surface area (Å²) in [7, 11) is 0. The van der Waals surface area contributed by atoms with Crippen molar-refractivity contribution >= 4 is 0 Å². The Kier molecular flexibility index (Phi) is 3.14. The molecule has 0 saturated carbocycles. The molecule has 24 heavy (non-hydrogen) atoms. The van der Waals surface area contributed by atoms with Crippen LogP contribution in [0, 0.1) is 0 Å². The Balaban J connectivity index is 2.09. The summed E-state index contributed by atoms with van der Waals surface area (Å²) in [4.78, 5) is 9.36. The molecule has 120 valence electrons. The second-order valence-corrected chi connectivity index (χ2v) is 7.59. The Morgan fingerprint density at radius 1 is 0.667 bits per heavy atom. The van der Waals surface area contributed by atoms with Gasteiger partial charge in [0.05, 0.1) is 11.4 Å². The Hall–Kier alpha value is -2.48. The van der Waals surface area contributed by atoms with E-state index in [-0.39, 0.29) is 10.8 Å². The molecule has 0 atom stereocenters. The lowest BCUT2D eigenvalue weighted by molar-refractivity contribution is 0.506. The number of benzene rings is 1. The van der Waals surface area contributed by atoms with E-state index in [0.29, 0.717) is 0 Å². The standard InChI is InChI=1S/C22H22N2/c1-21(2)17-11-8-14-24-20(17)22(3,4)16-10-7-9-15(19(16)21)18-12-5-6-13-23-18/h5-14H,1-4H3. The first-order valence-electron chi connectivity index (χ1n) is 8.45. The zero-order valence-electron chi connectivity index (χ0n) is 14.7. The average molecular weight is 314 g/mol. The molecule has 0 fully saturated rings. The van der Waals surface area contributed by atoms with E-state index < -0.39 is 0 Å².